The number of benzene rings is 1. The Morgan fingerprint density at radius 3 is 2.85 bits per heavy atom. The van der Waals surface area contributed by atoms with Crippen molar-refractivity contribution in [2.75, 3.05) is 20.1 Å². The van der Waals surface area contributed by atoms with Gasteiger partial charge in [0.1, 0.15) is 0 Å². The molecule has 0 spiro atoms. The summed E-state index contributed by atoms with van der Waals surface area (Å²) in [5.41, 5.74) is 3.60. The van der Waals surface area contributed by atoms with Crippen LogP contribution in [0.4, 0.5) is 0 Å². The van der Waals surface area contributed by atoms with Crippen LogP contribution in [-0.2, 0) is 17.8 Å². The molecule has 138 valence electrons. The lowest BCUT2D eigenvalue weighted by molar-refractivity contribution is -0.131. The van der Waals surface area contributed by atoms with E-state index in [0.717, 1.165) is 44.6 Å². The van der Waals surface area contributed by atoms with Gasteiger partial charge >= 0.3 is 0 Å². The summed E-state index contributed by atoms with van der Waals surface area (Å²) in [4.78, 5) is 21.4. The van der Waals surface area contributed by atoms with Gasteiger partial charge in [0.25, 0.3) is 0 Å². The van der Waals surface area contributed by atoms with Crippen LogP contribution in [0.1, 0.15) is 36.1 Å². The van der Waals surface area contributed by atoms with E-state index < -0.39 is 0 Å². The second-order valence-electron chi connectivity index (χ2n) is 7.34. The number of likely N-dealkylation sites (tertiary alicyclic amines) is 1. The van der Waals surface area contributed by atoms with E-state index >= 15 is 0 Å². The van der Waals surface area contributed by atoms with Crippen molar-refractivity contribution in [3.05, 3.63) is 65.5 Å². The maximum absolute atomic E-state index is 12.5. The molecule has 3 rings (SSSR count). The highest BCUT2D eigenvalue weighted by atomic mass is 16.2. The van der Waals surface area contributed by atoms with Crippen molar-refractivity contribution in [3.63, 3.8) is 0 Å². The van der Waals surface area contributed by atoms with Crippen LogP contribution in [0.3, 0.4) is 0 Å². The third-order valence-electron chi connectivity index (χ3n) is 5.30. The van der Waals surface area contributed by atoms with E-state index in [9.17, 15) is 4.79 Å². The summed E-state index contributed by atoms with van der Waals surface area (Å²) < 4.78 is 0. The lowest BCUT2D eigenvalue weighted by Crippen LogP contribution is -2.34. The standard InChI is InChI=1S/C22H29N3O/c1-18-6-5-7-19(16-18)17-25-15-12-21(9-10-22(25)26)24(2)14-11-20-8-3-4-13-23-20/h3-8,13,16,21H,9-12,14-15,17H2,1-2H3. The van der Waals surface area contributed by atoms with E-state index in [-0.39, 0.29) is 5.91 Å². The number of rotatable bonds is 6. The molecule has 1 saturated heterocycles. The number of aryl methyl sites for hydroxylation is 1. The average molecular weight is 351 g/mol. The zero-order chi connectivity index (χ0) is 18.4. The van der Waals surface area contributed by atoms with Gasteiger partial charge in [0.05, 0.1) is 0 Å². The first-order valence-electron chi connectivity index (χ1n) is 9.55. The smallest absolute Gasteiger partial charge is 0.222 e. The monoisotopic (exact) mass is 351 g/mol. The number of likely N-dealkylation sites (N-methyl/N-ethyl adjacent to an activating group) is 1. The van der Waals surface area contributed by atoms with Gasteiger partial charge in [0.15, 0.2) is 0 Å². The van der Waals surface area contributed by atoms with Crippen molar-refractivity contribution < 1.29 is 4.79 Å². The fourth-order valence-electron chi connectivity index (χ4n) is 3.68. The quantitative estimate of drug-likeness (QED) is 0.800. The third-order valence-corrected chi connectivity index (χ3v) is 5.30. The normalized spacial score (nSPS) is 18.2. The van der Waals surface area contributed by atoms with E-state index in [4.69, 9.17) is 0 Å². The second-order valence-corrected chi connectivity index (χ2v) is 7.34. The van der Waals surface area contributed by atoms with Crippen LogP contribution in [0.2, 0.25) is 0 Å². The summed E-state index contributed by atoms with van der Waals surface area (Å²) >= 11 is 0. The molecule has 0 N–H and O–H groups in total. The van der Waals surface area contributed by atoms with Gasteiger partial charge in [-0.1, -0.05) is 35.9 Å². The van der Waals surface area contributed by atoms with Crippen molar-refractivity contribution in [1.82, 2.24) is 14.8 Å². The van der Waals surface area contributed by atoms with Gasteiger partial charge in [0.2, 0.25) is 5.91 Å². The SMILES string of the molecule is Cc1cccc(CN2CCC(N(C)CCc3ccccn3)CCC2=O)c1. The largest absolute Gasteiger partial charge is 0.338 e. The van der Waals surface area contributed by atoms with Gasteiger partial charge in [-0.25, -0.2) is 0 Å². The summed E-state index contributed by atoms with van der Waals surface area (Å²) in [6, 6.07) is 15.0. The van der Waals surface area contributed by atoms with Crippen LogP contribution in [0, 0.1) is 6.92 Å². The zero-order valence-corrected chi connectivity index (χ0v) is 15.9. The number of amides is 1. The summed E-state index contributed by atoms with van der Waals surface area (Å²) in [7, 11) is 2.17. The Balaban J connectivity index is 1.53. The Morgan fingerprint density at radius 2 is 2.08 bits per heavy atom. The number of nitrogens with zero attached hydrogens (tertiary/aromatic N) is 3. The maximum atomic E-state index is 12.5. The predicted octanol–water partition coefficient (Wildman–Crippen LogP) is 3.45. The lowest BCUT2D eigenvalue weighted by atomic mass is 10.1. The van der Waals surface area contributed by atoms with Gasteiger partial charge in [-0.2, -0.15) is 0 Å². The Kier molecular flexibility index (Phi) is 6.40. The summed E-state index contributed by atoms with van der Waals surface area (Å²) in [5, 5.41) is 0. The molecule has 4 nitrogen and oxygen atoms in total. The molecule has 4 heteroatoms. The molecule has 1 aliphatic rings. The van der Waals surface area contributed by atoms with E-state index in [1.54, 1.807) is 0 Å². The van der Waals surface area contributed by atoms with Gasteiger partial charge in [-0.3, -0.25) is 9.78 Å². The van der Waals surface area contributed by atoms with E-state index in [2.05, 4.69) is 54.2 Å². The van der Waals surface area contributed by atoms with E-state index in [1.807, 2.05) is 23.2 Å². The molecule has 1 atom stereocenters. The van der Waals surface area contributed by atoms with Crippen molar-refractivity contribution in [2.24, 2.45) is 0 Å². The third kappa shape index (κ3) is 5.15. The first kappa shape index (κ1) is 18.6. The van der Waals surface area contributed by atoms with Crippen molar-refractivity contribution in [1.29, 1.82) is 0 Å². The lowest BCUT2D eigenvalue weighted by Gasteiger charge is -2.27. The number of carbonyl (C=O) groups is 1. The van der Waals surface area contributed by atoms with E-state index in [0.29, 0.717) is 12.5 Å². The summed E-state index contributed by atoms with van der Waals surface area (Å²) in [6.07, 6.45) is 5.43. The van der Waals surface area contributed by atoms with Crippen LogP contribution in [0.25, 0.3) is 0 Å². The molecule has 0 aliphatic carbocycles. The number of hydrogen-bond donors (Lipinski definition) is 0. The maximum Gasteiger partial charge on any atom is 0.222 e. The molecule has 1 aromatic heterocycles. The molecule has 0 bridgehead atoms. The fourth-order valence-corrected chi connectivity index (χ4v) is 3.68. The molecular formula is C22H29N3O. The highest BCUT2D eigenvalue weighted by molar-refractivity contribution is 5.76. The molecule has 1 aliphatic heterocycles. The minimum atomic E-state index is 0.284. The molecule has 0 saturated carbocycles. The molecule has 1 unspecified atom stereocenters. The molecule has 26 heavy (non-hydrogen) atoms. The molecule has 2 heterocycles. The minimum Gasteiger partial charge on any atom is -0.338 e. The first-order valence-corrected chi connectivity index (χ1v) is 9.55. The second kappa shape index (κ2) is 8.95. The number of aromatic nitrogens is 1. The van der Waals surface area contributed by atoms with Crippen LogP contribution in [-0.4, -0.2) is 46.9 Å². The van der Waals surface area contributed by atoms with Crippen LogP contribution in [0.15, 0.2) is 48.7 Å². The molecular weight excluding hydrogens is 322 g/mol. The van der Waals surface area contributed by atoms with Gasteiger partial charge in [0, 0.05) is 50.4 Å². The highest BCUT2D eigenvalue weighted by Gasteiger charge is 2.24. The fraction of sp³-hybridized carbons (Fsp3) is 0.455. The van der Waals surface area contributed by atoms with Crippen molar-refractivity contribution in [3.8, 4) is 0 Å². The molecule has 1 fully saturated rings. The van der Waals surface area contributed by atoms with Gasteiger partial charge in [-0.05, 0) is 44.5 Å². The van der Waals surface area contributed by atoms with E-state index in [1.165, 1.54) is 11.1 Å². The van der Waals surface area contributed by atoms with Crippen molar-refractivity contribution >= 4 is 5.91 Å². The van der Waals surface area contributed by atoms with Gasteiger partial charge < -0.3 is 9.80 Å². The predicted molar refractivity (Wildman–Crippen MR) is 105 cm³/mol. The van der Waals surface area contributed by atoms with Crippen LogP contribution in [0.5, 0.6) is 0 Å². The highest BCUT2D eigenvalue weighted by Crippen LogP contribution is 2.19. The average Bonchev–Trinajstić information content (AvgIpc) is 2.83. The number of pyridine rings is 1. The van der Waals surface area contributed by atoms with Gasteiger partial charge in [-0.15, -0.1) is 0 Å². The Morgan fingerprint density at radius 1 is 1.19 bits per heavy atom. The summed E-state index contributed by atoms with van der Waals surface area (Å²) in [5.74, 6) is 0.284. The minimum absolute atomic E-state index is 0.284. The summed E-state index contributed by atoms with van der Waals surface area (Å²) in [6.45, 7) is 4.64. The molecule has 2 aromatic rings. The molecule has 1 aromatic carbocycles. The Bertz CT molecular complexity index is 716. The number of carbonyl (C=O) groups excluding carboxylic acids is 1. The van der Waals surface area contributed by atoms with Crippen molar-refractivity contribution in [2.45, 2.75) is 45.2 Å². The Labute approximate surface area is 156 Å². The molecule has 0 radical (unpaired) electrons. The van der Waals surface area contributed by atoms with Crippen LogP contribution >= 0.6 is 0 Å². The zero-order valence-electron chi connectivity index (χ0n) is 15.9. The topological polar surface area (TPSA) is 36.4 Å². The van der Waals surface area contributed by atoms with Crippen LogP contribution < -0.4 is 0 Å². The molecule has 1 amide bonds. The Hall–Kier alpha value is -2.20. The number of hydrogen-bond acceptors (Lipinski definition) is 3. The first-order chi connectivity index (χ1) is 12.6.